The van der Waals surface area contributed by atoms with Crippen LogP contribution in [0.15, 0.2) is 18.2 Å². The Morgan fingerprint density at radius 2 is 1.95 bits per heavy atom. The van der Waals surface area contributed by atoms with Crippen LogP contribution in [-0.4, -0.2) is 33.4 Å². The number of alkyl halides is 3. The van der Waals surface area contributed by atoms with E-state index in [-0.39, 0.29) is 5.69 Å². The van der Waals surface area contributed by atoms with E-state index in [1.165, 1.54) is 6.07 Å². The molecule has 2 rings (SSSR count). The molecule has 1 aliphatic heterocycles. The molecule has 106 valence electrons. The number of morpholine rings is 1. The van der Waals surface area contributed by atoms with Gasteiger partial charge in [0.15, 0.2) is 0 Å². The standard InChI is InChI=1S/C13H17F3N2O/c1-17-9-10-2-3-12(11(8-10)13(14,15)16)18-4-6-19-7-5-18/h2-3,8,17H,4-7,9H2,1H3. The van der Waals surface area contributed by atoms with Gasteiger partial charge in [0.1, 0.15) is 0 Å². The van der Waals surface area contributed by atoms with Crippen molar-refractivity contribution in [1.82, 2.24) is 5.32 Å². The number of hydrogen-bond donors (Lipinski definition) is 1. The van der Waals surface area contributed by atoms with Gasteiger partial charge in [0.05, 0.1) is 18.8 Å². The van der Waals surface area contributed by atoms with Gasteiger partial charge in [-0.3, -0.25) is 0 Å². The lowest BCUT2D eigenvalue weighted by Gasteiger charge is -2.31. The summed E-state index contributed by atoms with van der Waals surface area (Å²) in [6.07, 6.45) is -4.34. The van der Waals surface area contributed by atoms with Gasteiger partial charge in [-0.2, -0.15) is 13.2 Å². The Labute approximate surface area is 110 Å². The topological polar surface area (TPSA) is 24.5 Å². The Hall–Kier alpha value is -1.27. The summed E-state index contributed by atoms with van der Waals surface area (Å²) in [5.41, 5.74) is 0.310. The van der Waals surface area contributed by atoms with Crippen LogP contribution in [0.4, 0.5) is 18.9 Å². The summed E-state index contributed by atoms with van der Waals surface area (Å²) in [5, 5.41) is 2.86. The van der Waals surface area contributed by atoms with Crippen molar-refractivity contribution in [3.05, 3.63) is 29.3 Å². The van der Waals surface area contributed by atoms with Crippen LogP contribution in [0, 0.1) is 0 Å². The summed E-state index contributed by atoms with van der Waals surface area (Å²) in [5.74, 6) is 0. The van der Waals surface area contributed by atoms with Crippen LogP contribution in [0.3, 0.4) is 0 Å². The Bertz CT molecular complexity index is 428. The maximum Gasteiger partial charge on any atom is 0.418 e. The van der Waals surface area contributed by atoms with E-state index < -0.39 is 11.7 Å². The van der Waals surface area contributed by atoms with Gasteiger partial charge >= 0.3 is 6.18 Å². The molecule has 1 aliphatic rings. The number of halogens is 3. The molecule has 0 bridgehead atoms. The van der Waals surface area contributed by atoms with Crippen LogP contribution in [0.25, 0.3) is 0 Å². The Morgan fingerprint density at radius 3 is 2.53 bits per heavy atom. The van der Waals surface area contributed by atoms with Crippen molar-refractivity contribution in [2.45, 2.75) is 12.7 Å². The molecule has 0 amide bonds. The van der Waals surface area contributed by atoms with Crippen molar-refractivity contribution < 1.29 is 17.9 Å². The van der Waals surface area contributed by atoms with E-state index in [4.69, 9.17) is 4.74 Å². The van der Waals surface area contributed by atoms with Crippen molar-refractivity contribution >= 4 is 5.69 Å². The molecular weight excluding hydrogens is 257 g/mol. The van der Waals surface area contributed by atoms with E-state index >= 15 is 0 Å². The molecule has 0 spiro atoms. The molecule has 1 saturated heterocycles. The molecule has 0 aromatic heterocycles. The zero-order valence-electron chi connectivity index (χ0n) is 10.8. The van der Waals surface area contributed by atoms with Crippen molar-refractivity contribution in [2.75, 3.05) is 38.3 Å². The zero-order chi connectivity index (χ0) is 13.9. The van der Waals surface area contributed by atoms with Gasteiger partial charge in [0.2, 0.25) is 0 Å². The molecule has 1 heterocycles. The molecule has 0 saturated carbocycles. The highest BCUT2D eigenvalue weighted by atomic mass is 19.4. The van der Waals surface area contributed by atoms with Crippen LogP contribution >= 0.6 is 0 Å². The first-order valence-electron chi connectivity index (χ1n) is 6.20. The summed E-state index contributed by atoms with van der Waals surface area (Å²) >= 11 is 0. The molecule has 0 unspecified atom stereocenters. The minimum atomic E-state index is -4.34. The quantitative estimate of drug-likeness (QED) is 0.915. The van der Waals surface area contributed by atoms with Crippen molar-refractivity contribution in [3.63, 3.8) is 0 Å². The predicted octanol–water partition coefficient (Wildman–Crippen LogP) is 2.26. The van der Waals surface area contributed by atoms with Crippen LogP contribution in [0.1, 0.15) is 11.1 Å². The lowest BCUT2D eigenvalue weighted by atomic mass is 10.1. The van der Waals surface area contributed by atoms with E-state index in [9.17, 15) is 13.2 Å². The van der Waals surface area contributed by atoms with Gasteiger partial charge in [-0.25, -0.2) is 0 Å². The molecule has 1 aromatic rings. The predicted molar refractivity (Wildman–Crippen MR) is 67.2 cm³/mol. The van der Waals surface area contributed by atoms with E-state index in [1.54, 1.807) is 24.1 Å². The molecule has 3 nitrogen and oxygen atoms in total. The first-order valence-corrected chi connectivity index (χ1v) is 6.20. The maximum absolute atomic E-state index is 13.1. The van der Waals surface area contributed by atoms with Crippen LogP contribution in [0.2, 0.25) is 0 Å². The number of nitrogens with zero attached hydrogens (tertiary/aromatic N) is 1. The summed E-state index contributed by atoms with van der Waals surface area (Å²) in [7, 11) is 1.71. The maximum atomic E-state index is 13.1. The second-order valence-electron chi connectivity index (χ2n) is 4.48. The highest BCUT2D eigenvalue weighted by Gasteiger charge is 2.35. The summed E-state index contributed by atoms with van der Waals surface area (Å²) in [6, 6.07) is 4.51. The smallest absolute Gasteiger partial charge is 0.378 e. The molecule has 0 radical (unpaired) electrons. The molecule has 0 atom stereocenters. The van der Waals surface area contributed by atoms with Gasteiger partial charge in [-0.1, -0.05) is 6.07 Å². The average molecular weight is 274 g/mol. The van der Waals surface area contributed by atoms with Crippen molar-refractivity contribution in [3.8, 4) is 0 Å². The number of rotatable bonds is 3. The summed E-state index contributed by atoms with van der Waals surface area (Å²) in [6.45, 7) is 2.35. The average Bonchev–Trinajstić information content (AvgIpc) is 2.39. The van der Waals surface area contributed by atoms with Gasteiger partial charge in [-0.05, 0) is 24.7 Å². The largest absolute Gasteiger partial charge is 0.418 e. The van der Waals surface area contributed by atoms with Gasteiger partial charge in [0, 0.05) is 25.3 Å². The van der Waals surface area contributed by atoms with Gasteiger partial charge in [0.25, 0.3) is 0 Å². The first-order chi connectivity index (χ1) is 9.02. The number of benzene rings is 1. The van der Waals surface area contributed by atoms with E-state index in [0.29, 0.717) is 38.4 Å². The third-order valence-electron chi connectivity index (χ3n) is 3.10. The van der Waals surface area contributed by atoms with Crippen molar-refractivity contribution in [2.24, 2.45) is 0 Å². The molecule has 1 aromatic carbocycles. The Morgan fingerprint density at radius 1 is 1.26 bits per heavy atom. The molecule has 0 aliphatic carbocycles. The second-order valence-corrected chi connectivity index (χ2v) is 4.48. The number of ether oxygens (including phenoxy) is 1. The fourth-order valence-corrected chi connectivity index (χ4v) is 2.20. The third-order valence-corrected chi connectivity index (χ3v) is 3.10. The normalized spacial score (nSPS) is 16.7. The van der Waals surface area contributed by atoms with Crippen LogP contribution in [-0.2, 0) is 17.5 Å². The zero-order valence-corrected chi connectivity index (χ0v) is 10.8. The fourth-order valence-electron chi connectivity index (χ4n) is 2.20. The lowest BCUT2D eigenvalue weighted by Crippen LogP contribution is -2.37. The number of hydrogen-bond acceptors (Lipinski definition) is 3. The monoisotopic (exact) mass is 274 g/mol. The third kappa shape index (κ3) is 3.39. The Balaban J connectivity index is 2.35. The van der Waals surface area contributed by atoms with Crippen molar-refractivity contribution in [1.29, 1.82) is 0 Å². The minimum absolute atomic E-state index is 0.246. The molecular formula is C13H17F3N2O. The lowest BCUT2D eigenvalue weighted by molar-refractivity contribution is -0.137. The minimum Gasteiger partial charge on any atom is -0.378 e. The molecule has 19 heavy (non-hydrogen) atoms. The highest BCUT2D eigenvalue weighted by molar-refractivity contribution is 5.56. The number of anilines is 1. The second kappa shape index (κ2) is 5.79. The van der Waals surface area contributed by atoms with E-state index in [1.807, 2.05) is 0 Å². The van der Waals surface area contributed by atoms with E-state index in [2.05, 4.69) is 5.32 Å². The Kier molecular flexibility index (Phi) is 4.31. The highest BCUT2D eigenvalue weighted by Crippen LogP contribution is 2.37. The first kappa shape index (κ1) is 14.1. The summed E-state index contributed by atoms with van der Waals surface area (Å²) < 4.78 is 44.6. The molecule has 6 heteroatoms. The fraction of sp³-hybridized carbons (Fsp3) is 0.538. The van der Waals surface area contributed by atoms with Gasteiger partial charge < -0.3 is 15.0 Å². The van der Waals surface area contributed by atoms with Crippen LogP contribution < -0.4 is 10.2 Å². The number of nitrogens with one attached hydrogen (secondary N) is 1. The molecule has 1 N–H and O–H groups in total. The van der Waals surface area contributed by atoms with E-state index in [0.717, 1.165) is 0 Å². The molecule has 1 fully saturated rings. The summed E-state index contributed by atoms with van der Waals surface area (Å²) in [4.78, 5) is 1.73. The van der Waals surface area contributed by atoms with Crippen LogP contribution in [0.5, 0.6) is 0 Å². The van der Waals surface area contributed by atoms with Gasteiger partial charge in [-0.15, -0.1) is 0 Å². The SMILES string of the molecule is CNCc1ccc(N2CCOCC2)c(C(F)(F)F)c1.